The van der Waals surface area contributed by atoms with Crippen LogP contribution in [-0.4, -0.2) is 61.6 Å². The van der Waals surface area contributed by atoms with Gasteiger partial charge in [0.15, 0.2) is 0 Å². The SMILES string of the molecule is CCCCN(CCCC)S(=O)(=O)c1ccc(C(=O)Nc2sc3c(c2C(=O)NC(N)=O)CCN(CCC)C3)cc1. The van der Waals surface area contributed by atoms with E-state index in [2.05, 4.69) is 22.5 Å². The van der Waals surface area contributed by atoms with Crippen molar-refractivity contribution in [3.05, 3.63) is 45.8 Å². The monoisotopic (exact) mass is 577 g/mol. The van der Waals surface area contributed by atoms with Gasteiger partial charge in [-0.1, -0.05) is 33.6 Å². The molecule has 0 aliphatic carbocycles. The zero-order chi connectivity index (χ0) is 28.6. The summed E-state index contributed by atoms with van der Waals surface area (Å²) in [6.45, 7) is 9.40. The Kier molecular flexibility index (Phi) is 11.0. The number of anilines is 1. The van der Waals surface area contributed by atoms with Crippen molar-refractivity contribution in [2.75, 3.05) is 31.5 Å². The Morgan fingerprint density at radius 3 is 2.21 bits per heavy atom. The molecule has 2 heterocycles. The van der Waals surface area contributed by atoms with E-state index in [1.165, 1.54) is 39.9 Å². The molecule has 1 aliphatic rings. The first-order valence-electron chi connectivity index (χ1n) is 13.5. The predicted molar refractivity (Wildman–Crippen MR) is 154 cm³/mol. The molecule has 1 aliphatic heterocycles. The number of amides is 4. The van der Waals surface area contributed by atoms with Crippen LogP contribution in [0.2, 0.25) is 0 Å². The Morgan fingerprint density at radius 2 is 1.64 bits per heavy atom. The average Bonchev–Trinajstić information content (AvgIpc) is 3.25. The van der Waals surface area contributed by atoms with Gasteiger partial charge in [0.1, 0.15) is 5.00 Å². The fraction of sp³-hybridized carbons (Fsp3) is 0.519. The number of primary amides is 1. The number of carbonyl (C=O) groups is 3. The number of sulfonamides is 1. The van der Waals surface area contributed by atoms with Gasteiger partial charge in [0, 0.05) is 36.6 Å². The molecule has 0 saturated carbocycles. The van der Waals surface area contributed by atoms with Crippen LogP contribution in [0, 0.1) is 0 Å². The number of nitrogens with zero attached hydrogens (tertiary/aromatic N) is 2. The second-order valence-electron chi connectivity index (χ2n) is 9.64. The fourth-order valence-corrected chi connectivity index (χ4v) is 7.39. The highest BCUT2D eigenvalue weighted by atomic mass is 32.2. The van der Waals surface area contributed by atoms with Gasteiger partial charge in [-0.2, -0.15) is 4.31 Å². The average molecular weight is 578 g/mol. The summed E-state index contributed by atoms with van der Waals surface area (Å²) in [5, 5.41) is 5.27. The molecule has 0 radical (unpaired) electrons. The van der Waals surface area contributed by atoms with Crippen LogP contribution in [0.4, 0.5) is 9.80 Å². The first-order chi connectivity index (χ1) is 18.6. The van der Waals surface area contributed by atoms with Crippen molar-refractivity contribution in [2.24, 2.45) is 5.73 Å². The summed E-state index contributed by atoms with van der Waals surface area (Å²) in [6, 6.07) is 4.86. The van der Waals surface area contributed by atoms with Gasteiger partial charge >= 0.3 is 6.03 Å². The maximum atomic E-state index is 13.3. The smallest absolute Gasteiger partial charge is 0.319 e. The summed E-state index contributed by atoms with van der Waals surface area (Å²) in [4.78, 5) is 40.8. The van der Waals surface area contributed by atoms with E-state index in [4.69, 9.17) is 5.73 Å². The minimum atomic E-state index is -3.69. The summed E-state index contributed by atoms with van der Waals surface area (Å²) in [7, 11) is -3.69. The number of hydrogen-bond donors (Lipinski definition) is 3. The zero-order valence-corrected chi connectivity index (χ0v) is 24.6. The summed E-state index contributed by atoms with van der Waals surface area (Å²) in [5.41, 5.74) is 6.50. The summed E-state index contributed by atoms with van der Waals surface area (Å²) in [5.74, 6) is -1.13. The Balaban J connectivity index is 1.84. The highest BCUT2D eigenvalue weighted by molar-refractivity contribution is 7.89. The van der Waals surface area contributed by atoms with Gasteiger partial charge in [-0.25, -0.2) is 13.2 Å². The molecule has 0 spiro atoms. The first kappa shape index (κ1) is 30.7. The van der Waals surface area contributed by atoms with E-state index in [9.17, 15) is 22.8 Å². The van der Waals surface area contributed by atoms with Crippen LogP contribution < -0.4 is 16.4 Å². The molecular formula is C27H39N5O5S2. The Hall–Kier alpha value is -2.80. The molecule has 0 atom stereocenters. The van der Waals surface area contributed by atoms with Crippen LogP contribution in [0.3, 0.4) is 0 Å². The molecular weight excluding hydrogens is 538 g/mol. The maximum Gasteiger partial charge on any atom is 0.319 e. The molecule has 4 N–H and O–H groups in total. The Bertz CT molecular complexity index is 1270. The number of hydrogen-bond acceptors (Lipinski definition) is 7. The number of benzene rings is 1. The molecule has 0 fully saturated rings. The number of nitrogens with one attached hydrogen (secondary N) is 2. The molecule has 0 unspecified atom stereocenters. The third-order valence-corrected chi connectivity index (χ3v) is 9.69. The van der Waals surface area contributed by atoms with Crippen LogP contribution in [0.5, 0.6) is 0 Å². The number of carbonyl (C=O) groups excluding carboxylic acids is 3. The van der Waals surface area contributed by atoms with Crippen molar-refractivity contribution in [1.29, 1.82) is 0 Å². The summed E-state index contributed by atoms with van der Waals surface area (Å²) in [6.07, 6.45) is 4.94. The van der Waals surface area contributed by atoms with Gasteiger partial charge < -0.3 is 11.1 Å². The maximum absolute atomic E-state index is 13.3. The number of nitrogens with two attached hydrogens (primary N) is 1. The van der Waals surface area contributed by atoms with Crippen LogP contribution in [0.1, 0.15) is 84.0 Å². The number of unbranched alkanes of at least 4 members (excludes halogenated alkanes) is 2. The van der Waals surface area contributed by atoms with Crippen LogP contribution in [0.15, 0.2) is 29.2 Å². The number of urea groups is 1. The minimum Gasteiger partial charge on any atom is -0.351 e. The van der Waals surface area contributed by atoms with Crippen LogP contribution >= 0.6 is 11.3 Å². The molecule has 1 aromatic heterocycles. The number of fused-ring (bicyclic) bond motifs is 1. The lowest BCUT2D eigenvalue weighted by atomic mass is 10.0. The van der Waals surface area contributed by atoms with Gasteiger partial charge in [0.05, 0.1) is 10.5 Å². The Morgan fingerprint density at radius 1 is 1.00 bits per heavy atom. The quantitative estimate of drug-likeness (QED) is 0.326. The van der Waals surface area contributed by atoms with Crippen LogP contribution in [-0.2, 0) is 23.0 Å². The fourth-order valence-electron chi connectivity index (χ4n) is 4.59. The van der Waals surface area contributed by atoms with Crippen molar-refractivity contribution in [3.63, 3.8) is 0 Å². The van der Waals surface area contributed by atoms with Gasteiger partial charge in [-0.05, 0) is 62.1 Å². The molecule has 12 heteroatoms. The van der Waals surface area contributed by atoms with Crippen LogP contribution in [0.25, 0.3) is 0 Å². The van der Waals surface area contributed by atoms with Gasteiger partial charge in [-0.15, -0.1) is 11.3 Å². The van der Waals surface area contributed by atoms with E-state index in [-0.39, 0.29) is 16.0 Å². The van der Waals surface area contributed by atoms with Gasteiger partial charge in [0.25, 0.3) is 11.8 Å². The molecule has 1 aromatic carbocycles. The summed E-state index contributed by atoms with van der Waals surface area (Å²) >= 11 is 1.31. The highest BCUT2D eigenvalue weighted by Gasteiger charge is 2.29. The summed E-state index contributed by atoms with van der Waals surface area (Å²) < 4.78 is 28.0. The Labute approximate surface area is 235 Å². The third kappa shape index (κ3) is 7.65. The molecule has 0 saturated heterocycles. The van der Waals surface area contributed by atoms with Gasteiger partial charge in [-0.3, -0.25) is 19.8 Å². The predicted octanol–water partition coefficient (Wildman–Crippen LogP) is 4.17. The number of thiophene rings is 1. The largest absolute Gasteiger partial charge is 0.351 e. The molecule has 214 valence electrons. The van der Waals surface area contributed by atoms with E-state index >= 15 is 0 Å². The second-order valence-corrected chi connectivity index (χ2v) is 12.7. The lowest BCUT2D eigenvalue weighted by molar-refractivity contribution is 0.0965. The normalized spacial score (nSPS) is 13.7. The molecule has 10 nitrogen and oxygen atoms in total. The molecule has 39 heavy (non-hydrogen) atoms. The van der Waals surface area contributed by atoms with Crippen molar-refractivity contribution < 1.29 is 22.8 Å². The van der Waals surface area contributed by atoms with E-state index in [0.717, 1.165) is 55.6 Å². The third-order valence-electron chi connectivity index (χ3n) is 6.64. The molecule has 0 bridgehead atoms. The molecule has 2 aromatic rings. The lowest BCUT2D eigenvalue weighted by Gasteiger charge is -2.26. The zero-order valence-electron chi connectivity index (χ0n) is 22.9. The molecule has 3 rings (SSSR count). The van der Waals surface area contributed by atoms with Crippen molar-refractivity contribution in [1.82, 2.24) is 14.5 Å². The number of imide groups is 1. The number of rotatable bonds is 13. The van der Waals surface area contributed by atoms with E-state index in [1.54, 1.807) is 0 Å². The standard InChI is InChI=1S/C27H39N5O5S2/c1-4-7-15-32(16-8-5-2)39(36,37)20-11-9-19(10-12-20)24(33)29-26-23(25(34)30-27(28)35)21-13-17-31(14-6-3)18-22(21)38-26/h9-12H,4-8,13-18H2,1-3H3,(H,29,33)(H3,28,30,34,35). The van der Waals surface area contributed by atoms with Crippen molar-refractivity contribution >= 4 is 44.2 Å². The molecule has 4 amide bonds. The van der Waals surface area contributed by atoms with E-state index in [1.807, 2.05) is 13.8 Å². The van der Waals surface area contributed by atoms with Crippen molar-refractivity contribution in [3.8, 4) is 0 Å². The van der Waals surface area contributed by atoms with E-state index < -0.39 is 27.9 Å². The van der Waals surface area contributed by atoms with Gasteiger partial charge in [0.2, 0.25) is 10.0 Å². The first-order valence-corrected chi connectivity index (χ1v) is 15.8. The second kappa shape index (κ2) is 14.0. The topological polar surface area (TPSA) is 142 Å². The van der Waals surface area contributed by atoms with Crippen molar-refractivity contribution in [2.45, 2.75) is 70.7 Å². The lowest BCUT2D eigenvalue weighted by Crippen LogP contribution is -2.36. The minimum absolute atomic E-state index is 0.135. The van der Waals surface area contributed by atoms with E-state index in [0.29, 0.717) is 31.1 Å². The highest BCUT2D eigenvalue weighted by Crippen LogP contribution is 2.37.